The van der Waals surface area contributed by atoms with Gasteiger partial charge in [0.05, 0.1) is 16.1 Å². The Labute approximate surface area is 117 Å². The summed E-state index contributed by atoms with van der Waals surface area (Å²) in [5.74, 6) is -0.00334. The summed E-state index contributed by atoms with van der Waals surface area (Å²) in [4.78, 5) is 0. The van der Waals surface area contributed by atoms with Crippen molar-refractivity contribution < 1.29 is 5.11 Å². The molecule has 5 heteroatoms. The molecule has 0 fully saturated rings. The molecule has 98 valence electrons. The Hall–Kier alpha value is -0.900. The van der Waals surface area contributed by atoms with E-state index in [1.165, 1.54) is 0 Å². The highest BCUT2D eigenvalue weighted by Gasteiger charge is 2.20. The third-order valence-corrected chi connectivity index (χ3v) is 3.64. The third-order valence-electron chi connectivity index (χ3n) is 3.00. The van der Waals surface area contributed by atoms with E-state index in [-0.39, 0.29) is 11.3 Å². The van der Waals surface area contributed by atoms with Crippen molar-refractivity contribution in [1.29, 1.82) is 0 Å². The van der Waals surface area contributed by atoms with Gasteiger partial charge in [-0.3, -0.25) is 0 Å². The average molecular weight is 287 g/mol. The number of hydrogen-bond donors (Lipinski definition) is 3. The van der Waals surface area contributed by atoms with Gasteiger partial charge in [-0.15, -0.1) is 11.6 Å². The quantitative estimate of drug-likeness (QED) is 0.551. The third kappa shape index (κ3) is 3.31. The predicted octanol–water partition coefficient (Wildman–Crippen LogP) is 2.33. The van der Waals surface area contributed by atoms with Crippen LogP contribution in [0.15, 0.2) is 46.8 Å². The van der Waals surface area contributed by atoms with Gasteiger partial charge < -0.3 is 16.2 Å². The lowest BCUT2D eigenvalue weighted by Gasteiger charge is -2.25. The van der Waals surface area contributed by atoms with Gasteiger partial charge >= 0.3 is 0 Å². The summed E-state index contributed by atoms with van der Waals surface area (Å²) < 4.78 is 0. The van der Waals surface area contributed by atoms with E-state index in [0.717, 1.165) is 11.4 Å². The lowest BCUT2D eigenvalue weighted by atomic mass is 9.97. The molecule has 2 unspecified atom stereocenters. The maximum absolute atomic E-state index is 10.1. The van der Waals surface area contributed by atoms with E-state index in [1.807, 2.05) is 18.2 Å². The van der Waals surface area contributed by atoms with Crippen molar-refractivity contribution in [3.8, 4) is 0 Å². The molecule has 0 heterocycles. The highest BCUT2D eigenvalue weighted by atomic mass is 35.5. The molecule has 0 aromatic rings. The largest absolute Gasteiger partial charge is 0.399 e. The molecular weight excluding hydrogens is 271 g/mol. The molecule has 0 radical (unpaired) electrons. The fourth-order valence-electron chi connectivity index (χ4n) is 1.93. The van der Waals surface area contributed by atoms with Gasteiger partial charge in [-0.1, -0.05) is 29.8 Å². The second kappa shape index (κ2) is 5.83. The highest BCUT2D eigenvalue weighted by Crippen LogP contribution is 2.25. The van der Waals surface area contributed by atoms with Crippen molar-refractivity contribution in [2.75, 3.05) is 0 Å². The predicted molar refractivity (Wildman–Crippen MR) is 74.9 cm³/mol. The molecular formula is C13H16Cl2N2O. The van der Waals surface area contributed by atoms with Crippen LogP contribution in [-0.4, -0.2) is 16.7 Å². The van der Waals surface area contributed by atoms with E-state index < -0.39 is 6.23 Å². The summed E-state index contributed by atoms with van der Waals surface area (Å²) in [6.07, 6.45) is 10.0. The molecule has 0 bridgehead atoms. The van der Waals surface area contributed by atoms with Gasteiger partial charge in [0.1, 0.15) is 6.23 Å². The van der Waals surface area contributed by atoms with Crippen molar-refractivity contribution in [3.05, 3.63) is 46.8 Å². The Balaban J connectivity index is 1.95. The van der Waals surface area contributed by atoms with E-state index >= 15 is 0 Å². The summed E-state index contributed by atoms with van der Waals surface area (Å²) >= 11 is 12.0. The molecule has 2 rings (SSSR count). The van der Waals surface area contributed by atoms with Crippen LogP contribution in [0.25, 0.3) is 0 Å². The average Bonchev–Trinajstić information content (AvgIpc) is 2.33. The van der Waals surface area contributed by atoms with Crippen LogP contribution in [-0.2, 0) is 0 Å². The normalized spacial score (nSPS) is 29.2. The SMILES string of the molecule is NC1=CCC([C@H](O)NC2=CCC(Cl)C=C2Cl)C=C1. The van der Waals surface area contributed by atoms with Gasteiger partial charge in [0, 0.05) is 11.6 Å². The van der Waals surface area contributed by atoms with Crippen LogP contribution < -0.4 is 11.1 Å². The summed E-state index contributed by atoms with van der Waals surface area (Å²) in [6.45, 7) is 0. The zero-order valence-corrected chi connectivity index (χ0v) is 11.3. The molecule has 0 amide bonds. The monoisotopic (exact) mass is 286 g/mol. The zero-order valence-electron chi connectivity index (χ0n) is 9.81. The van der Waals surface area contributed by atoms with Gasteiger partial charge in [0.2, 0.25) is 0 Å². The second-order valence-electron chi connectivity index (χ2n) is 4.44. The van der Waals surface area contributed by atoms with Crippen molar-refractivity contribution in [1.82, 2.24) is 5.32 Å². The van der Waals surface area contributed by atoms with Crippen LogP contribution in [0, 0.1) is 5.92 Å². The first-order valence-corrected chi connectivity index (χ1v) is 6.68. The number of halogens is 2. The number of nitrogens with two attached hydrogens (primary N) is 1. The fourth-order valence-corrected chi connectivity index (χ4v) is 2.49. The Bertz CT molecular complexity index is 440. The fraction of sp³-hybridized carbons (Fsp3) is 0.385. The smallest absolute Gasteiger partial charge is 0.131 e. The van der Waals surface area contributed by atoms with Crippen molar-refractivity contribution in [3.63, 3.8) is 0 Å². The molecule has 2 aliphatic rings. The van der Waals surface area contributed by atoms with E-state index in [9.17, 15) is 5.11 Å². The zero-order chi connectivity index (χ0) is 13.1. The molecule has 0 aromatic carbocycles. The standard InChI is InChI=1S/C13H16Cl2N2O/c14-9-3-6-12(11(15)7-9)17-13(18)8-1-4-10(16)5-2-8/h1,4-9,13,17-18H,2-3,16H2/t8?,9?,13-/m0/s1. The van der Waals surface area contributed by atoms with Gasteiger partial charge in [-0.25, -0.2) is 0 Å². The molecule has 0 aromatic heterocycles. The number of allylic oxidation sites excluding steroid dienone is 5. The Morgan fingerprint density at radius 3 is 2.78 bits per heavy atom. The Kier molecular flexibility index (Phi) is 4.38. The van der Waals surface area contributed by atoms with Gasteiger partial charge in [0.25, 0.3) is 0 Å². The van der Waals surface area contributed by atoms with Gasteiger partial charge in [0.15, 0.2) is 0 Å². The van der Waals surface area contributed by atoms with E-state index in [2.05, 4.69) is 5.32 Å². The van der Waals surface area contributed by atoms with Crippen molar-refractivity contribution in [2.24, 2.45) is 11.7 Å². The van der Waals surface area contributed by atoms with E-state index in [1.54, 1.807) is 12.2 Å². The lowest BCUT2D eigenvalue weighted by molar-refractivity contribution is 0.107. The minimum absolute atomic E-state index is 0.00334. The minimum Gasteiger partial charge on any atom is -0.399 e. The number of alkyl halides is 1. The molecule has 3 atom stereocenters. The summed E-state index contributed by atoms with van der Waals surface area (Å²) in [5, 5.41) is 13.6. The van der Waals surface area contributed by atoms with Crippen LogP contribution in [0.3, 0.4) is 0 Å². The molecule has 0 aliphatic heterocycles. The van der Waals surface area contributed by atoms with Gasteiger partial charge in [-0.2, -0.15) is 0 Å². The molecule has 0 spiro atoms. The summed E-state index contributed by atoms with van der Waals surface area (Å²) in [6, 6.07) is 0. The van der Waals surface area contributed by atoms with Crippen LogP contribution in [0.4, 0.5) is 0 Å². The van der Waals surface area contributed by atoms with Crippen LogP contribution in [0.5, 0.6) is 0 Å². The number of rotatable bonds is 3. The molecule has 18 heavy (non-hydrogen) atoms. The maximum atomic E-state index is 10.1. The Morgan fingerprint density at radius 1 is 1.39 bits per heavy atom. The molecule has 0 saturated heterocycles. The lowest BCUT2D eigenvalue weighted by Crippen LogP contribution is -2.36. The molecule has 4 N–H and O–H groups in total. The maximum Gasteiger partial charge on any atom is 0.131 e. The number of aliphatic hydroxyl groups excluding tert-OH is 1. The molecule has 0 saturated carbocycles. The molecule has 2 aliphatic carbocycles. The Morgan fingerprint density at radius 2 is 2.17 bits per heavy atom. The van der Waals surface area contributed by atoms with Crippen LogP contribution in [0.1, 0.15) is 12.8 Å². The topological polar surface area (TPSA) is 58.3 Å². The second-order valence-corrected chi connectivity index (χ2v) is 5.40. The van der Waals surface area contributed by atoms with E-state index in [0.29, 0.717) is 17.9 Å². The van der Waals surface area contributed by atoms with Crippen molar-refractivity contribution in [2.45, 2.75) is 24.4 Å². The summed E-state index contributed by atoms with van der Waals surface area (Å²) in [5.41, 5.74) is 7.10. The van der Waals surface area contributed by atoms with Crippen LogP contribution in [0.2, 0.25) is 0 Å². The first-order chi connectivity index (χ1) is 8.56. The first-order valence-electron chi connectivity index (χ1n) is 5.86. The number of hydrogen-bond acceptors (Lipinski definition) is 3. The van der Waals surface area contributed by atoms with E-state index in [4.69, 9.17) is 28.9 Å². The first kappa shape index (κ1) is 13.5. The van der Waals surface area contributed by atoms with Crippen molar-refractivity contribution >= 4 is 23.2 Å². The number of nitrogens with one attached hydrogen (secondary N) is 1. The highest BCUT2D eigenvalue weighted by molar-refractivity contribution is 6.33. The molecule has 3 nitrogen and oxygen atoms in total. The number of aliphatic hydroxyl groups is 1. The minimum atomic E-state index is -0.689. The summed E-state index contributed by atoms with van der Waals surface area (Å²) in [7, 11) is 0. The van der Waals surface area contributed by atoms with Gasteiger partial charge in [-0.05, 0) is 25.0 Å². The van der Waals surface area contributed by atoms with Crippen LogP contribution >= 0.6 is 23.2 Å².